The van der Waals surface area contributed by atoms with Crippen molar-refractivity contribution in [3.8, 4) is 11.5 Å². The molecule has 0 aliphatic rings. The zero-order valence-corrected chi connectivity index (χ0v) is 16.0. The first-order valence-electron chi connectivity index (χ1n) is 8.51. The SMILES string of the molecule is C=c1c(C)c(O)c(=C)c(C(C)(C)CCC(C)CC(C)(C)C)c1O. The van der Waals surface area contributed by atoms with Crippen molar-refractivity contribution in [3.63, 3.8) is 0 Å². The monoisotopic (exact) mass is 318 g/mol. The van der Waals surface area contributed by atoms with Crippen LogP contribution in [0, 0.1) is 18.3 Å². The van der Waals surface area contributed by atoms with E-state index < -0.39 is 0 Å². The van der Waals surface area contributed by atoms with E-state index in [9.17, 15) is 10.2 Å². The van der Waals surface area contributed by atoms with Crippen LogP contribution in [0.4, 0.5) is 0 Å². The molecule has 0 saturated carbocycles. The predicted octanol–water partition coefficient (Wildman–Crippen LogP) is 4.36. The molecule has 2 N–H and O–H groups in total. The lowest BCUT2D eigenvalue weighted by molar-refractivity contribution is 0.276. The van der Waals surface area contributed by atoms with Crippen LogP contribution in [0.25, 0.3) is 13.2 Å². The Morgan fingerprint density at radius 3 is 1.96 bits per heavy atom. The molecule has 0 radical (unpaired) electrons. The van der Waals surface area contributed by atoms with Crippen molar-refractivity contribution in [3.05, 3.63) is 21.6 Å². The highest BCUT2D eigenvalue weighted by Gasteiger charge is 2.28. The van der Waals surface area contributed by atoms with E-state index in [1.54, 1.807) is 6.92 Å². The number of phenolic OH excluding ortho intramolecular Hbond substituents is 2. The fourth-order valence-corrected chi connectivity index (χ4v) is 3.57. The van der Waals surface area contributed by atoms with Gasteiger partial charge >= 0.3 is 0 Å². The summed E-state index contributed by atoms with van der Waals surface area (Å²) >= 11 is 0. The van der Waals surface area contributed by atoms with Crippen molar-refractivity contribution < 1.29 is 10.2 Å². The highest BCUT2D eigenvalue weighted by Crippen LogP contribution is 2.35. The first-order chi connectivity index (χ1) is 10.3. The van der Waals surface area contributed by atoms with Gasteiger partial charge in [0, 0.05) is 21.6 Å². The van der Waals surface area contributed by atoms with Gasteiger partial charge in [-0.3, -0.25) is 0 Å². The average Bonchev–Trinajstić information content (AvgIpc) is 2.39. The Hall–Kier alpha value is -1.44. The fourth-order valence-electron chi connectivity index (χ4n) is 3.57. The molecule has 0 amide bonds. The molecule has 0 aliphatic heterocycles. The van der Waals surface area contributed by atoms with Gasteiger partial charge in [0.15, 0.2) is 0 Å². The first-order valence-corrected chi connectivity index (χ1v) is 8.51. The standard InChI is InChI=1S/C21H34O2/c1-13(12-20(5,6)7)10-11-21(8,9)17-16(4)18(22)14(2)15(3)19(17)23/h13,22-23H,3-4,10-12H2,1-2,5-9H3. The van der Waals surface area contributed by atoms with Gasteiger partial charge in [-0.1, -0.05) is 54.7 Å². The second-order valence-electron chi connectivity index (χ2n) is 8.95. The Morgan fingerprint density at radius 2 is 1.48 bits per heavy atom. The summed E-state index contributed by atoms with van der Waals surface area (Å²) in [7, 11) is 0. The molecule has 1 atom stereocenters. The molecule has 0 aromatic heterocycles. The van der Waals surface area contributed by atoms with Gasteiger partial charge in [-0.2, -0.15) is 0 Å². The molecule has 0 bridgehead atoms. The van der Waals surface area contributed by atoms with Gasteiger partial charge in [-0.15, -0.1) is 0 Å². The van der Waals surface area contributed by atoms with Crippen LogP contribution in [0.2, 0.25) is 0 Å². The summed E-state index contributed by atoms with van der Waals surface area (Å²) in [5, 5.41) is 21.9. The molecule has 23 heavy (non-hydrogen) atoms. The third kappa shape index (κ3) is 4.53. The molecule has 0 saturated heterocycles. The van der Waals surface area contributed by atoms with Gasteiger partial charge in [0.25, 0.3) is 0 Å². The summed E-state index contributed by atoms with van der Waals surface area (Å²) in [4.78, 5) is 0. The molecule has 1 rings (SSSR count). The van der Waals surface area contributed by atoms with Gasteiger partial charge in [0.1, 0.15) is 11.5 Å². The molecule has 1 aromatic rings. The van der Waals surface area contributed by atoms with Crippen LogP contribution in [-0.2, 0) is 5.41 Å². The van der Waals surface area contributed by atoms with Gasteiger partial charge in [0.05, 0.1) is 0 Å². The lowest BCUT2D eigenvalue weighted by atomic mass is 9.75. The van der Waals surface area contributed by atoms with E-state index in [2.05, 4.69) is 54.7 Å². The van der Waals surface area contributed by atoms with E-state index in [0.29, 0.717) is 27.3 Å². The molecule has 0 aliphatic carbocycles. The maximum absolute atomic E-state index is 10.6. The normalized spacial score (nSPS) is 14.0. The van der Waals surface area contributed by atoms with Crippen LogP contribution >= 0.6 is 0 Å². The van der Waals surface area contributed by atoms with E-state index in [0.717, 1.165) is 18.4 Å². The molecule has 0 fully saturated rings. The smallest absolute Gasteiger partial charge is 0.127 e. The average molecular weight is 319 g/mol. The van der Waals surface area contributed by atoms with E-state index in [-0.39, 0.29) is 16.9 Å². The lowest BCUT2D eigenvalue weighted by Gasteiger charge is -2.30. The largest absolute Gasteiger partial charge is 0.507 e. The first kappa shape index (κ1) is 19.6. The summed E-state index contributed by atoms with van der Waals surface area (Å²) in [5.74, 6) is 0.945. The van der Waals surface area contributed by atoms with Gasteiger partial charge < -0.3 is 10.2 Å². The fraction of sp³-hybridized carbons (Fsp3) is 0.619. The van der Waals surface area contributed by atoms with Gasteiger partial charge in [-0.25, -0.2) is 0 Å². The Labute approximate surface area is 141 Å². The van der Waals surface area contributed by atoms with Crippen molar-refractivity contribution in [1.29, 1.82) is 0 Å². The molecule has 0 spiro atoms. The number of rotatable bonds is 5. The summed E-state index contributed by atoms with van der Waals surface area (Å²) in [5.41, 5.74) is 1.40. The van der Waals surface area contributed by atoms with Crippen LogP contribution in [0.3, 0.4) is 0 Å². The summed E-state index contributed by atoms with van der Waals surface area (Å²) in [6, 6.07) is 0. The van der Waals surface area contributed by atoms with Crippen LogP contribution in [0.15, 0.2) is 0 Å². The molecule has 2 heteroatoms. The van der Waals surface area contributed by atoms with Crippen molar-refractivity contribution in [2.45, 2.75) is 73.1 Å². The summed E-state index contributed by atoms with van der Waals surface area (Å²) < 4.78 is 0. The minimum Gasteiger partial charge on any atom is -0.507 e. The Balaban J connectivity index is 3.11. The van der Waals surface area contributed by atoms with E-state index >= 15 is 0 Å². The van der Waals surface area contributed by atoms with E-state index in [1.807, 2.05) is 0 Å². The Morgan fingerprint density at radius 1 is 0.957 bits per heavy atom. The minimum atomic E-state index is -0.259. The topological polar surface area (TPSA) is 40.5 Å². The highest BCUT2D eigenvalue weighted by atomic mass is 16.3. The second kappa shape index (κ2) is 6.59. The van der Waals surface area contributed by atoms with Crippen molar-refractivity contribution in [2.24, 2.45) is 11.3 Å². The van der Waals surface area contributed by atoms with Crippen LogP contribution in [0.1, 0.15) is 71.9 Å². The zero-order chi connectivity index (χ0) is 18.2. The van der Waals surface area contributed by atoms with Crippen LogP contribution < -0.4 is 10.4 Å². The quantitative estimate of drug-likeness (QED) is 0.792. The predicted molar refractivity (Wildman–Crippen MR) is 100 cm³/mol. The zero-order valence-electron chi connectivity index (χ0n) is 16.0. The number of benzene rings is 1. The lowest BCUT2D eigenvalue weighted by Crippen LogP contribution is -2.30. The van der Waals surface area contributed by atoms with Gasteiger partial charge in [-0.05, 0) is 42.9 Å². The molecule has 1 aromatic carbocycles. The number of hydrogen-bond acceptors (Lipinski definition) is 2. The molecule has 2 nitrogen and oxygen atoms in total. The van der Waals surface area contributed by atoms with E-state index in [1.165, 1.54) is 6.42 Å². The Bertz CT molecular complexity index is 663. The summed E-state index contributed by atoms with van der Waals surface area (Å²) in [6.45, 7) is 22.9. The van der Waals surface area contributed by atoms with Crippen molar-refractivity contribution in [2.75, 3.05) is 0 Å². The third-order valence-corrected chi connectivity index (χ3v) is 4.82. The van der Waals surface area contributed by atoms with Gasteiger partial charge in [0.2, 0.25) is 0 Å². The van der Waals surface area contributed by atoms with Crippen LogP contribution in [0.5, 0.6) is 11.5 Å². The number of phenols is 2. The number of aromatic hydroxyl groups is 2. The molecular formula is C21H34O2. The molecular weight excluding hydrogens is 284 g/mol. The second-order valence-corrected chi connectivity index (χ2v) is 8.95. The number of hydrogen-bond donors (Lipinski definition) is 2. The Kier molecular flexibility index (Phi) is 5.61. The maximum atomic E-state index is 10.6. The molecule has 0 heterocycles. The highest BCUT2D eigenvalue weighted by molar-refractivity contribution is 5.52. The molecule has 1 unspecified atom stereocenters. The van der Waals surface area contributed by atoms with Crippen molar-refractivity contribution in [1.82, 2.24) is 0 Å². The minimum absolute atomic E-state index is 0.151. The maximum Gasteiger partial charge on any atom is 0.127 e. The van der Waals surface area contributed by atoms with E-state index in [4.69, 9.17) is 0 Å². The third-order valence-electron chi connectivity index (χ3n) is 4.82. The summed E-state index contributed by atoms with van der Waals surface area (Å²) in [6.07, 6.45) is 3.18. The van der Waals surface area contributed by atoms with Crippen molar-refractivity contribution >= 4 is 13.2 Å². The van der Waals surface area contributed by atoms with Crippen LogP contribution in [-0.4, -0.2) is 10.2 Å². The molecule has 130 valence electrons.